The molecular formula is C22H20ClNO8S. The molecule has 0 N–H and O–H groups in total. The number of halogens is 1. The summed E-state index contributed by atoms with van der Waals surface area (Å²) >= 11 is 6.21. The maximum Gasteiger partial charge on any atom is 0.329 e. The molecule has 2 heterocycles. The van der Waals surface area contributed by atoms with Crippen molar-refractivity contribution in [1.29, 1.82) is 0 Å². The van der Waals surface area contributed by atoms with Crippen molar-refractivity contribution < 1.29 is 37.0 Å². The second kappa shape index (κ2) is 9.03. The molecule has 0 radical (unpaired) electrons. The summed E-state index contributed by atoms with van der Waals surface area (Å²) in [5.41, 5.74) is 0.804. The van der Waals surface area contributed by atoms with Crippen molar-refractivity contribution in [2.75, 3.05) is 25.2 Å². The van der Waals surface area contributed by atoms with Gasteiger partial charge < -0.3 is 14.2 Å². The fourth-order valence-corrected chi connectivity index (χ4v) is 4.61. The zero-order chi connectivity index (χ0) is 23.8. The Morgan fingerprint density at radius 1 is 1.12 bits per heavy atom. The molecule has 0 bridgehead atoms. The van der Waals surface area contributed by atoms with E-state index in [0.717, 1.165) is 11.2 Å². The topological polar surface area (TPSA) is 116 Å². The lowest BCUT2D eigenvalue weighted by Gasteiger charge is -2.24. The van der Waals surface area contributed by atoms with E-state index in [1.165, 1.54) is 12.1 Å². The first-order valence-electron chi connectivity index (χ1n) is 10.0. The molecule has 4 rings (SSSR count). The van der Waals surface area contributed by atoms with Gasteiger partial charge in [-0.2, -0.15) is 0 Å². The van der Waals surface area contributed by atoms with Crippen molar-refractivity contribution >= 4 is 39.2 Å². The molecule has 2 aromatic carbocycles. The first-order valence-corrected chi connectivity index (χ1v) is 12.5. The minimum Gasteiger partial charge on any atom is -0.486 e. The van der Waals surface area contributed by atoms with Crippen LogP contribution in [0.4, 0.5) is 0 Å². The second-order valence-electron chi connectivity index (χ2n) is 7.67. The molecule has 2 aliphatic rings. The molecule has 0 saturated carbocycles. The van der Waals surface area contributed by atoms with Gasteiger partial charge in [0.1, 0.15) is 35.7 Å². The third-order valence-corrected chi connectivity index (χ3v) is 6.47. The quantitative estimate of drug-likeness (QED) is 0.426. The third kappa shape index (κ3) is 4.81. The van der Waals surface area contributed by atoms with E-state index in [0.29, 0.717) is 30.3 Å². The molecule has 0 unspecified atom stereocenters. The van der Waals surface area contributed by atoms with Gasteiger partial charge in [0.2, 0.25) is 0 Å². The van der Waals surface area contributed by atoms with E-state index in [9.17, 15) is 22.8 Å². The lowest BCUT2D eigenvalue weighted by Crippen LogP contribution is -2.46. The summed E-state index contributed by atoms with van der Waals surface area (Å²) in [6.07, 6.45) is 0.722. The highest BCUT2D eigenvalue weighted by Crippen LogP contribution is 2.38. The van der Waals surface area contributed by atoms with Gasteiger partial charge in [-0.05, 0) is 36.2 Å². The number of rotatable bonds is 7. The van der Waals surface area contributed by atoms with Crippen LogP contribution in [-0.2, 0) is 26.0 Å². The van der Waals surface area contributed by atoms with E-state index in [2.05, 4.69) is 0 Å². The smallest absolute Gasteiger partial charge is 0.329 e. The van der Waals surface area contributed by atoms with Gasteiger partial charge in [-0.1, -0.05) is 23.7 Å². The van der Waals surface area contributed by atoms with Crippen LogP contribution in [0.2, 0.25) is 5.02 Å². The number of carbonyl (C=O) groups excluding carboxylic acids is 3. The Balaban J connectivity index is 1.55. The highest BCUT2D eigenvalue weighted by atomic mass is 35.5. The predicted molar refractivity (Wildman–Crippen MR) is 117 cm³/mol. The van der Waals surface area contributed by atoms with Gasteiger partial charge >= 0.3 is 5.97 Å². The van der Waals surface area contributed by atoms with Crippen LogP contribution in [0.25, 0.3) is 0 Å². The van der Waals surface area contributed by atoms with Crippen molar-refractivity contribution in [3.8, 4) is 11.5 Å². The number of esters is 1. The lowest BCUT2D eigenvalue weighted by atomic mass is 10.1. The number of imide groups is 1. The minimum atomic E-state index is -3.47. The summed E-state index contributed by atoms with van der Waals surface area (Å²) in [5.74, 6) is -1.85. The van der Waals surface area contributed by atoms with Gasteiger partial charge in [0, 0.05) is 6.26 Å². The molecule has 0 spiro atoms. The van der Waals surface area contributed by atoms with E-state index in [1.54, 1.807) is 24.3 Å². The number of hydrogen-bond acceptors (Lipinski definition) is 8. The fraction of sp³-hybridized carbons (Fsp3) is 0.318. The predicted octanol–water partition coefficient (Wildman–Crippen LogP) is 2.25. The van der Waals surface area contributed by atoms with Gasteiger partial charge in [0.05, 0.1) is 21.9 Å². The second-order valence-corrected chi connectivity index (χ2v) is 10.3. The maximum atomic E-state index is 13.0. The summed E-state index contributed by atoms with van der Waals surface area (Å²) < 4.78 is 39.8. The van der Waals surface area contributed by atoms with E-state index >= 15 is 0 Å². The molecule has 0 saturated heterocycles. The highest BCUT2D eigenvalue weighted by molar-refractivity contribution is 7.90. The van der Waals surface area contributed by atoms with Crippen LogP contribution >= 0.6 is 11.6 Å². The molecule has 1 atom stereocenters. The Labute approximate surface area is 195 Å². The van der Waals surface area contributed by atoms with Crippen molar-refractivity contribution in [3.05, 3.63) is 58.1 Å². The average Bonchev–Trinajstić information content (AvgIpc) is 3.03. The molecule has 2 aliphatic heterocycles. The van der Waals surface area contributed by atoms with E-state index in [-0.39, 0.29) is 29.2 Å². The zero-order valence-corrected chi connectivity index (χ0v) is 19.1. The van der Waals surface area contributed by atoms with Crippen LogP contribution in [-0.4, -0.2) is 62.4 Å². The van der Waals surface area contributed by atoms with Crippen LogP contribution in [0.3, 0.4) is 0 Å². The first kappa shape index (κ1) is 23.1. The van der Waals surface area contributed by atoms with Gasteiger partial charge in [0.25, 0.3) is 11.8 Å². The lowest BCUT2D eigenvalue weighted by molar-refractivity contribution is -0.149. The molecule has 9 nitrogen and oxygen atoms in total. The van der Waals surface area contributed by atoms with E-state index in [1.807, 2.05) is 0 Å². The Kier molecular flexibility index (Phi) is 6.31. The zero-order valence-electron chi connectivity index (χ0n) is 17.6. The largest absolute Gasteiger partial charge is 0.486 e. The summed E-state index contributed by atoms with van der Waals surface area (Å²) in [5, 5.41) is 0.284. The van der Waals surface area contributed by atoms with Crippen LogP contribution < -0.4 is 9.47 Å². The Morgan fingerprint density at radius 3 is 2.39 bits per heavy atom. The molecule has 2 amide bonds. The maximum absolute atomic E-state index is 13.0. The number of carbonyl (C=O) groups is 3. The number of nitrogens with zero attached hydrogens (tertiary/aromatic N) is 1. The van der Waals surface area contributed by atoms with Crippen LogP contribution in [0, 0.1) is 0 Å². The van der Waals surface area contributed by atoms with E-state index < -0.39 is 39.4 Å². The molecule has 11 heteroatoms. The highest BCUT2D eigenvalue weighted by Gasteiger charge is 2.43. The monoisotopic (exact) mass is 493 g/mol. The third-order valence-electron chi connectivity index (χ3n) is 5.21. The van der Waals surface area contributed by atoms with Crippen LogP contribution in [0.15, 0.2) is 36.4 Å². The number of benzene rings is 2. The molecule has 0 aliphatic carbocycles. The normalized spacial score (nSPS) is 15.9. The number of fused-ring (bicyclic) bond motifs is 2. The minimum absolute atomic E-state index is 0.151. The van der Waals surface area contributed by atoms with Gasteiger partial charge in [-0.25, -0.2) is 13.2 Å². The Hall–Kier alpha value is -3.11. The van der Waals surface area contributed by atoms with Crippen LogP contribution in [0.5, 0.6) is 11.5 Å². The summed E-state index contributed by atoms with van der Waals surface area (Å²) in [7, 11) is -3.47. The fourth-order valence-electron chi connectivity index (χ4n) is 3.67. The summed E-state index contributed by atoms with van der Waals surface area (Å²) in [6.45, 7) is 0.483. The molecular weight excluding hydrogens is 474 g/mol. The molecule has 174 valence electrons. The van der Waals surface area contributed by atoms with Crippen LogP contribution in [0.1, 0.15) is 32.7 Å². The SMILES string of the molecule is CS(=O)(=O)CC[C@H](C(=O)OCc1cc(Cl)c2c(c1)OCCO2)N1C(=O)c2ccccc2C1=O. The number of sulfone groups is 1. The molecule has 2 aromatic rings. The summed E-state index contributed by atoms with van der Waals surface area (Å²) in [6, 6.07) is 7.92. The number of ether oxygens (including phenoxy) is 3. The average molecular weight is 494 g/mol. The standard InChI is InChI=1S/C22H20ClNO8S/c1-33(28,29)9-6-17(24-20(25)14-4-2-3-5-15(14)21(24)26)22(27)32-12-13-10-16(23)19-18(11-13)30-7-8-31-19/h2-5,10-11,17H,6-9,12H2,1H3/t17-/m1/s1. The Bertz CT molecular complexity index is 1210. The Morgan fingerprint density at radius 2 is 1.76 bits per heavy atom. The van der Waals surface area contributed by atoms with Gasteiger partial charge in [-0.3, -0.25) is 14.5 Å². The van der Waals surface area contributed by atoms with Crippen molar-refractivity contribution in [2.45, 2.75) is 19.1 Å². The number of amides is 2. The van der Waals surface area contributed by atoms with Gasteiger partial charge in [0.15, 0.2) is 11.5 Å². The molecule has 0 fully saturated rings. The van der Waals surface area contributed by atoms with E-state index in [4.69, 9.17) is 25.8 Å². The first-order chi connectivity index (χ1) is 15.7. The number of hydrogen-bond donors (Lipinski definition) is 0. The van der Waals surface area contributed by atoms with Crippen molar-refractivity contribution in [2.24, 2.45) is 0 Å². The van der Waals surface area contributed by atoms with Gasteiger partial charge in [-0.15, -0.1) is 0 Å². The summed E-state index contributed by atoms with van der Waals surface area (Å²) in [4.78, 5) is 39.5. The molecule has 0 aromatic heterocycles. The molecule has 33 heavy (non-hydrogen) atoms. The van der Waals surface area contributed by atoms with Crippen molar-refractivity contribution in [1.82, 2.24) is 4.90 Å². The van der Waals surface area contributed by atoms with Crippen molar-refractivity contribution in [3.63, 3.8) is 0 Å².